The van der Waals surface area contributed by atoms with Crippen molar-refractivity contribution in [1.82, 2.24) is 19.8 Å². The number of hydrogen-bond acceptors (Lipinski definition) is 6. The van der Waals surface area contributed by atoms with Gasteiger partial charge in [-0.3, -0.25) is 14.6 Å². The van der Waals surface area contributed by atoms with E-state index in [2.05, 4.69) is 9.97 Å². The third-order valence-corrected chi connectivity index (χ3v) is 4.56. The van der Waals surface area contributed by atoms with Gasteiger partial charge in [0, 0.05) is 32.0 Å². The number of carbonyl (C=O) groups excluding carboxylic acids is 2. The minimum absolute atomic E-state index is 0.0794. The van der Waals surface area contributed by atoms with Crippen molar-refractivity contribution in [3.8, 4) is 0 Å². The zero-order valence-electron chi connectivity index (χ0n) is 13.6. The highest BCUT2D eigenvalue weighted by Gasteiger charge is 2.35. The van der Waals surface area contributed by atoms with E-state index in [4.69, 9.17) is 5.14 Å². The molecule has 132 valence electrons. The van der Waals surface area contributed by atoms with E-state index in [-0.39, 0.29) is 36.7 Å². The molecule has 2 heterocycles. The second-order valence-electron chi connectivity index (χ2n) is 6.05. The molecule has 0 unspecified atom stereocenters. The fraction of sp³-hybridized carbons (Fsp3) is 0.571. The van der Waals surface area contributed by atoms with Crippen LogP contribution in [0.5, 0.6) is 0 Å². The molecule has 2 amide bonds. The molecule has 1 aromatic rings. The predicted molar refractivity (Wildman–Crippen MR) is 86.2 cm³/mol. The maximum Gasteiger partial charge on any atom is 0.274 e. The van der Waals surface area contributed by atoms with Crippen LogP contribution in [0, 0.1) is 5.92 Å². The van der Waals surface area contributed by atoms with Crippen LogP contribution in [0.1, 0.15) is 24.3 Å². The third-order valence-electron chi connectivity index (χ3n) is 3.91. The van der Waals surface area contributed by atoms with Crippen molar-refractivity contribution in [2.24, 2.45) is 11.1 Å². The number of nitrogens with two attached hydrogens (primary N) is 1. The van der Waals surface area contributed by atoms with Crippen LogP contribution in [0.3, 0.4) is 0 Å². The largest absolute Gasteiger partial charge is 0.338 e. The zero-order chi connectivity index (χ0) is 17.9. The lowest BCUT2D eigenvalue weighted by Crippen LogP contribution is -2.59. The van der Waals surface area contributed by atoms with Crippen molar-refractivity contribution in [2.45, 2.75) is 19.9 Å². The van der Waals surface area contributed by atoms with Gasteiger partial charge in [-0.25, -0.2) is 18.5 Å². The number of sulfonamides is 1. The molecule has 1 fully saturated rings. The summed E-state index contributed by atoms with van der Waals surface area (Å²) in [5.74, 6) is -1.44. The molecule has 0 saturated carbocycles. The fourth-order valence-electron chi connectivity index (χ4n) is 2.68. The smallest absolute Gasteiger partial charge is 0.274 e. The van der Waals surface area contributed by atoms with Crippen molar-refractivity contribution in [3.05, 3.63) is 24.3 Å². The van der Waals surface area contributed by atoms with Gasteiger partial charge in [-0.15, -0.1) is 0 Å². The highest BCUT2D eigenvalue weighted by molar-refractivity contribution is 7.89. The third kappa shape index (κ3) is 4.48. The van der Waals surface area contributed by atoms with Crippen LogP contribution >= 0.6 is 0 Å². The predicted octanol–water partition coefficient (Wildman–Crippen LogP) is -0.926. The summed E-state index contributed by atoms with van der Waals surface area (Å²) in [6.07, 6.45) is 4.34. The molecule has 1 aromatic heterocycles. The highest BCUT2D eigenvalue weighted by atomic mass is 32.2. The molecular formula is C14H21N5O4S. The molecular weight excluding hydrogens is 334 g/mol. The van der Waals surface area contributed by atoms with Gasteiger partial charge in [0.2, 0.25) is 15.9 Å². The summed E-state index contributed by atoms with van der Waals surface area (Å²) in [6, 6.07) is -0.238. The second kappa shape index (κ2) is 7.22. The summed E-state index contributed by atoms with van der Waals surface area (Å²) in [7, 11) is -3.87. The maximum atomic E-state index is 12.6. The molecule has 10 heteroatoms. The van der Waals surface area contributed by atoms with Gasteiger partial charge < -0.3 is 9.80 Å². The molecule has 0 bridgehead atoms. The average Bonchev–Trinajstić information content (AvgIpc) is 2.52. The summed E-state index contributed by atoms with van der Waals surface area (Å²) in [4.78, 5) is 35.7. The molecule has 1 saturated heterocycles. The molecule has 0 aliphatic carbocycles. The Morgan fingerprint density at radius 3 is 2.58 bits per heavy atom. The molecule has 24 heavy (non-hydrogen) atoms. The molecule has 1 aliphatic rings. The number of amides is 2. The number of primary sulfonamides is 1. The lowest BCUT2D eigenvalue weighted by atomic mass is 9.99. The van der Waals surface area contributed by atoms with Crippen LogP contribution in [-0.4, -0.2) is 71.4 Å². The number of nitrogens with zero attached hydrogens (tertiary/aromatic N) is 4. The van der Waals surface area contributed by atoms with E-state index in [0.717, 1.165) is 0 Å². The number of piperazine rings is 1. The van der Waals surface area contributed by atoms with Crippen LogP contribution < -0.4 is 5.14 Å². The average molecular weight is 355 g/mol. The second-order valence-corrected chi connectivity index (χ2v) is 7.66. The van der Waals surface area contributed by atoms with Crippen molar-refractivity contribution in [2.75, 3.05) is 25.4 Å². The van der Waals surface area contributed by atoms with Crippen LogP contribution in [0.4, 0.5) is 0 Å². The van der Waals surface area contributed by atoms with Gasteiger partial charge in [-0.2, -0.15) is 0 Å². The van der Waals surface area contributed by atoms with Gasteiger partial charge in [0.1, 0.15) is 11.4 Å². The molecule has 9 nitrogen and oxygen atoms in total. The minimum Gasteiger partial charge on any atom is -0.338 e. The summed E-state index contributed by atoms with van der Waals surface area (Å²) < 4.78 is 22.2. The van der Waals surface area contributed by atoms with Gasteiger partial charge in [0.25, 0.3) is 5.91 Å². The first kappa shape index (κ1) is 18.3. The lowest BCUT2D eigenvalue weighted by Gasteiger charge is -2.43. The first-order chi connectivity index (χ1) is 11.2. The number of hydrogen-bond donors (Lipinski definition) is 1. The molecule has 1 atom stereocenters. The van der Waals surface area contributed by atoms with Gasteiger partial charge in [0.15, 0.2) is 0 Å². The van der Waals surface area contributed by atoms with Crippen LogP contribution in [-0.2, 0) is 14.8 Å². The topological polar surface area (TPSA) is 127 Å². The Labute approximate surface area is 140 Å². The van der Waals surface area contributed by atoms with Crippen molar-refractivity contribution in [1.29, 1.82) is 0 Å². The molecule has 0 radical (unpaired) electrons. The van der Waals surface area contributed by atoms with Gasteiger partial charge in [-0.1, -0.05) is 13.8 Å². The van der Waals surface area contributed by atoms with Crippen molar-refractivity contribution >= 4 is 21.8 Å². The Hall–Kier alpha value is -2.07. The fourth-order valence-corrected chi connectivity index (χ4v) is 3.21. The molecule has 2 N–H and O–H groups in total. The number of carbonyl (C=O) groups is 2. The summed E-state index contributed by atoms with van der Waals surface area (Å²) >= 11 is 0. The summed E-state index contributed by atoms with van der Waals surface area (Å²) in [5, 5.41) is 4.93. The monoisotopic (exact) mass is 355 g/mol. The normalized spacial score (nSPS) is 18.8. The van der Waals surface area contributed by atoms with Crippen LogP contribution in [0.25, 0.3) is 0 Å². The van der Waals surface area contributed by atoms with Crippen molar-refractivity contribution in [3.63, 3.8) is 0 Å². The van der Waals surface area contributed by atoms with E-state index < -0.39 is 21.7 Å². The standard InChI is InChI=1S/C14H21N5O4S/c1-10(2)12-8-18(13(20)9-24(15,22)23)5-6-19(12)14(21)11-7-16-3-4-17-11/h3-4,7,10,12H,5-6,8-9H2,1-2H3,(H2,15,22,23)/t12-/m1/s1. The number of rotatable bonds is 4. The molecule has 1 aliphatic heterocycles. The Morgan fingerprint density at radius 2 is 2.04 bits per heavy atom. The Balaban J connectivity index is 2.14. The first-order valence-electron chi connectivity index (χ1n) is 7.54. The van der Waals surface area contributed by atoms with E-state index in [1.54, 1.807) is 4.90 Å². The summed E-state index contributed by atoms with van der Waals surface area (Å²) in [6.45, 7) is 4.70. The van der Waals surface area contributed by atoms with Crippen LogP contribution in [0.15, 0.2) is 18.6 Å². The molecule has 2 rings (SSSR count). The first-order valence-corrected chi connectivity index (χ1v) is 9.26. The van der Waals surface area contributed by atoms with E-state index in [1.165, 1.54) is 23.5 Å². The van der Waals surface area contributed by atoms with Crippen LogP contribution in [0.2, 0.25) is 0 Å². The van der Waals surface area contributed by atoms with E-state index in [1.807, 2.05) is 13.8 Å². The van der Waals surface area contributed by atoms with Crippen molar-refractivity contribution < 1.29 is 18.0 Å². The summed E-state index contributed by atoms with van der Waals surface area (Å²) in [5.41, 5.74) is 0.243. The van der Waals surface area contributed by atoms with Gasteiger partial charge in [0.05, 0.1) is 12.2 Å². The Bertz CT molecular complexity index is 707. The minimum atomic E-state index is -3.87. The lowest BCUT2D eigenvalue weighted by molar-refractivity contribution is -0.131. The van der Waals surface area contributed by atoms with Gasteiger partial charge in [-0.05, 0) is 5.92 Å². The Kier molecular flexibility index (Phi) is 5.50. The van der Waals surface area contributed by atoms with E-state index in [9.17, 15) is 18.0 Å². The quantitative estimate of drug-likeness (QED) is 0.744. The maximum absolute atomic E-state index is 12.6. The SMILES string of the molecule is CC(C)[C@H]1CN(C(=O)CS(N)(=O)=O)CCN1C(=O)c1cnccn1. The number of aromatic nitrogens is 2. The molecule has 0 aromatic carbocycles. The van der Waals surface area contributed by atoms with E-state index >= 15 is 0 Å². The Morgan fingerprint density at radius 1 is 1.33 bits per heavy atom. The molecule has 0 spiro atoms. The van der Waals surface area contributed by atoms with E-state index in [0.29, 0.717) is 6.54 Å². The highest BCUT2D eigenvalue weighted by Crippen LogP contribution is 2.19. The zero-order valence-corrected chi connectivity index (χ0v) is 14.4. The van der Waals surface area contributed by atoms with Gasteiger partial charge >= 0.3 is 0 Å².